The van der Waals surface area contributed by atoms with Crippen LogP contribution in [0.1, 0.15) is 39.2 Å². The lowest BCUT2D eigenvalue weighted by atomic mass is 10.0. The number of aliphatic imine (C=N–C) groups is 1. The number of hydrogen-bond donors (Lipinski definition) is 2. The number of piperidine rings is 1. The van der Waals surface area contributed by atoms with Crippen LogP contribution < -0.4 is 15.4 Å². The van der Waals surface area contributed by atoms with Gasteiger partial charge in [0.25, 0.3) is 0 Å². The first-order valence-corrected chi connectivity index (χ1v) is 9.30. The Bertz CT molecular complexity index is 572. The number of nitrogens with zero attached hydrogens (tertiary/aromatic N) is 2. The molecule has 2 N–H and O–H groups in total. The molecule has 5 nitrogen and oxygen atoms in total. The molecular weight excluding hydrogens is 338 g/mol. The Morgan fingerprint density at radius 3 is 2.65 bits per heavy atom. The zero-order valence-electron chi connectivity index (χ0n) is 15.8. The maximum Gasteiger partial charge on any atom is 0.387 e. The van der Waals surface area contributed by atoms with Gasteiger partial charge in [-0.15, -0.1) is 0 Å². The Balaban J connectivity index is 1.92. The number of rotatable bonds is 7. The molecule has 0 amide bonds. The van der Waals surface area contributed by atoms with Gasteiger partial charge in [0, 0.05) is 31.7 Å². The SMILES string of the molecule is CCNC(=NCc1cccc(OC(F)F)c1)NC1CCN(C(C)C)CC1. The Hall–Kier alpha value is -1.89. The van der Waals surface area contributed by atoms with E-state index in [0.29, 0.717) is 18.6 Å². The van der Waals surface area contributed by atoms with Crippen molar-refractivity contribution in [2.75, 3.05) is 19.6 Å². The second kappa shape index (κ2) is 10.3. The van der Waals surface area contributed by atoms with Crippen molar-refractivity contribution in [1.82, 2.24) is 15.5 Å². The minimum atomic E-state index is -2.82. The number of ether oxygens (including phenoxy) is 1. The van der Waals surface area contributed by atoms with Gasteiger partial charge in [0.1, 0.15) is 5.75 Å². The van der Waals surface area contributed by atoms with Gasteiger partial charge in [-0.1, -0.05) is 12.1 Å². The Labute approximate surface area is 154 Å². The van der Waals surface area contributed by atoms with Crippen molar-refractivity contribution in [3.63, 3.8) is 0 Å². The second-order valence-electron chi connectivity index (χ2n) is 6.77. The number of hydrogen-bond acceptors (Lipinski definition) is 3. The fourth-order valence-corrected chi connectivity index (χ4v) is 3.06. The highest BCUT2D eigenvalue weighted by atomic mass is 19.3. The summed E-state index contributed by atoms with van der Waals surface area (Å²) in [7, 11) is 0. The smallest absolute Gasteiger partial charge is 0.387 e. The van der Waals surface area contributed by atoms with Crippen molar-refractivity contribution in [2.45, 2.75) is 58.9 Å². The normalized spacial score (nSPS) is 17.0. The van der Waals surface area contributed by atoms with Gasteiger partial charge in [-0.2, -0.15) is 8.78 Å². The van der Waals surface area contributed by atoms with E-state index >= 15 is 0 Å². The van der Waals surface area contributed by atoms with Crippen LogP contribution in [0.25, 0.3) is 0 Å². The van der Waals surface area contributed by atoms with Crippen LogP contribution in [0.3, 0.4) is 0 Å². The summed E-state index contributed by atoms with van der Waals surface area (Å²) in [6.45, 7) is 7.01. The van der Waals surface area contributed by atoms with Gasteiger partial charge in [0.15, 0.2) is 5.96 Å². The lowest BCUT2D eigenvalue weighted by Crippen LogP contribution is -2.49. The van der Waals surface area contributed by atoms with Gasteiger partial charge in [-0.3, -0.25) is 0 Å². The molecular formula is C19H30F2N4O. The first-order valence-electron chi connectivity index (χ1n) is 9.30. The van der Waals surface area contributed by atoms with Crippen molar-refractivity contribution < 1.29 is 13.5 Å². The van der Waals surface area contributed by atoms with Crippen molar-refractivity contribution in [3.05, 3.63) is 29.8 Å². The average molecular weight is 368 g/mol. The van der Waals surface area contributed by atoms with Crippen LogP contribution >= 0.6 is 0 Å². The van der Waals surface area contributed by atoms with E-state index in [1.807, 2.05) is 13.0 Å². The quantitative estimate of drug-likeness (QED) is 0.573. The summed E-state index contributed by atoms with van der Waals surface area (Å²) in [6, 6.07) is 7.65. The average Bonchev–Trinajstić information content (AvgIpc) is 2.60. The first kappa shape index (κ1) is 20.4. The summed E-state index contributed by atoms with van der Waals surface area (Å²) < 4.78 is 29.1. The van der Waals surface area contributed by atoms with Crippen molar-refractivity contribution in [1.29, 1.82) is 0 Å². The molecule has 0 aromatic heterocycles. The van der Waals surface area contributed by atoms with Gasteiger partial charge in [-0.05, 0) is 51.3 Å². The second-order valence-corrected chi connectivity index (χ2v) is 6.77. The van der Waals surface area contributed by atoms with E-state index in [2.05, 4.69) is 39.1 Å². The molecule has 0 aliphatic carbocycles. The highest BCUT2D eigenvalue weighted by Crippen LogP contribution is 2.17. The molecule has 0 saturated carbocycles. The predicted molar refractivity (Wildman–Crippen MR) is 101 cm³/mol. The molecule has 1 aliphatic rings. The van der Waals surface area contributed by atoms with E-state index in [1.54, 1.807) is 12.1 Å². The van der Waals surface area contributed by atoms with Gasteiger partial charge < -0.3 is 20.3 Å². The molecule has 1 fully saturated rings. The summed E-state index contributed by atoms with van der Waals surface area (Å²) in [4.78, 5) is 7.07. The zero-order chi connectivity index (χ0) is 18.9. The number of halogens is 2. The fraction of sp³-hybridized carbons (Fsp3) is 0.632. The molecule has 0 bridgehead atoms. The largest absolute Gasteiger partial charge is 0.435 e. The summed E-state index contributed by atoms with van der Waals surface area (Å²) in [5.74, 6) is 0.919. The van der Waals surface area contributed by atoms with Crippen molar-refractivity contribution in [3.8, 4) is 5.75 Å². The molecule has 2 rings (SSSR count). The van der Waals surface area contributed by atoms with Gasteiger partial charge in [0.05, 0.1) is 6.54 Å². The van der Waals surface area contributed by atoms with Gasteiger partial charge >= 0.3 is 6.61 Å². The first-order chi connectivity index (χ1) is 12.5. The minimum absolute atomic E-state index is 0.159. The molecule has 1 heterocycles. The number of nitrogens with one attached hydrogen (secondary N) is 2. The highest BCUT2D eigenvalue weighted by molar-refractivity contribution is 5.80. The van der Waals surface area contributed by atoms with Gasteiger partial charge in [0.2, 0.25) is 0 Å². The summed E-state index contributed by atoms with van der Waals surface area (Å²) in [6.07, 6.45) is 2.17. The lowest BCUT2D eigenvalue weighted by Gasteiger charge is -2.35. The molecule has 1 aromatic rings. The third-order valence-corrected chi connectivity index (χ3v) is 4.49. The number of guanidine groups is 1. The molecule has 146 valence electrons. The van der Waals surface area contributed by atoms with Crippen LogP contribution in [0.4, 0.5) is 8.78 Å². The third-order valence-electron chi connectivity index (χ3n) is 4.49. The zero-order valence-corrected chi connectivity index (χ0v) is 15.8. The van der Waals surface area contributed by atoms with Crippen molar-refractivity contribution in [2.24, 2.45) is 4.99 Å². The molecule has 0 unspecified atom stereocenters. The van der Waals surface area contributed by atoms with Crippen LogP contribution in [0.2, 0.25) is 0 Å². The topological polar surface area (TPSA) is 48.9 Å². The molecule has 26 heavy (non-hydrogen) atoms. The van der Waals surface area contributed by atoms with E-state index in [1.165, 1.54) is 6.07 Å². The van der Waals surface area contributed by atoms with Crippen LogP contribution in [0.15, 0.2) is 29.3 Å². The standard InChI is InChI=1S/C19H30F2N4O/c1-4-22-19(24-16-8-10-25(11-9-16)14(2)3)23-13-15-6-5-7-17(12-15)26-18(20)21/h5-7,12,14,16,18H,4,8-11,13H2,1-3H3,(H2,22,23,24). The molecule has 7 heteroatoms. The Morgan fingerprint density at radius 2 is 2.04 bits per heavy atom. The van der Waals surface area contributed by atoms with Crippen LogP contribution in [-0.2, 0) is 6.54 Å². The monoisotopic (exact) mass is 368 g/mol. The minimum Gasteiger partial charge on any atom is -0.435 e. The maximum absolute atomic E-state index is 12.3. The van der Waals surface area contributed by atoms with E-state index in [-0.39, 0.29) is 5.75 Å². The fourth-order valence-electron chi connectivity index (χ4n) is 3.06. The predicted octanol–water partition coefficient (Wildman–Crippen LogP) is 3.22. The summed E-state index contributed by atoms with van der Waals surface area (Å²) in [5, 5.41) is 6.75. The molecule has 1 aliphatic heterocycles. The Kier molecular flexibility index (Phi) is 8.09. The van der Waals surface area contributed by atoms with E-state index in [4.69, 9.17) is 0 Å². The summed E-state index contributed by atoms with van der Waals surface area (Å²) in [5.41, 5.74) is 0.829. The Morgan fingerprint density at radius 1 is 1.31 bits per heavy atom. The maximum atomic E-state index is 12.3. The van der Waals surface area contributed by atoms with Crippen LogP contribution in [0.5, 0.6) is 5.75 Å². The molecule has 0 spiro atoms. The van der Waals surface area contributed by atoms with Crippen LogP contribution in [-0.4, -0.2) is 49.2 Å². The molecule has 0 radical (unpaired) electrons. The number of alkyl halides is 2. The highest BCUT2D eigenvalue weighted by Gasteiger charge is 2.21. The summed E-state index contributed by atoms with van der Waals surface area (Å²) >= 11 is 0. The van der Waals surface area contributed by atoms with Crippen molar-refractivity contribution >= 4 is 5.96 Å². The van der Waals surface area contributed by atoms with E-state index in [9.17, 15) is 8.78 Å². The van der Waals surface area contributed by atoms with E-state index < -0.39 is 6.61 Å². The molecule has 1 saturated heterocycles. The molecule has 0 atom stereocenters. The number of likely N-dealkylation sites (tertiary alicyclic amines) is 1. The lowest BCUT2D eigenvalue weighted by molar-refractivity contribution is -0.0498. The third kappa shape index (κ3) is 6.78. The van der Waals surface area contributed by atoms with Gasteiger partial charge in [-0.25, -0.2) is 4.99 Å². The number of benzene rings is 1. The van der Waals surface area contributed by atoms with E-state index in [0.717, 1.165) is 44.0 Å². The molecule has 1 aromatic carbocycles. The van der Waals surface area contributed by atoms with Crippen LogP contribution in [0, 0.1) is 0 Å².